The zero-order valence-corrected chi connectivity index (χ0v) is 15.2. The van der Waals surface area contributed by atoms with E-state index in [1.54, 1.807) is 11.8 Å². The lowest BCUT2D eigenvalue weighted by Crippen LogP contribution is -2.43. The van der Waals surface area contributed by atoms with Gasteiger partial charge in [-0.1, -0.05) is 15.9 Å². The Hall–Kier alpha value is -0.520. The van der Waals surface area contributed by atoms with Crippen LogP contribution in [0.25, 0.3) is 0 Å². The molecule has 0 heterocycles. The van der Waals surface area contributed by atoms with Crippen molar-refractivity contribution < 1.29 is 4.79 Å². The van der Waals surface area contributed by atoms with Crippen molar-refractivity contribution in [2.24, 2.45) is 0 Å². The molecule has 0 radical (unpaired) electrons. The topological polar surface area (TPSA) is 32.3 Å². The maximum atomic E-state index is 12.2. The number of carbonyl (C=O) groups is 1. The van der Waals surface area contributed by atoms with E-state index in [4.69, 9.17) is 0 Å². The fraction of sp³-hybridized carbons (Fsp3) is 0.562. The number of benzene rings is 1. The molecule has 116 valence electrons. The van der Waals surface area contributed by atoms with E-state index in [0.717, 1.165) is 22.0 Å². The predicted molar refractivity (Wildman–Crippen MR) is 92.7 cm³/mol. The Kier molecular flexibility index (Phi) is 6.14. The van der Waals surface area contributed by atoms with Gasteiger partial charge in [0.25, 0.3) is 0 Å². The van der Waals surface area contributed by atoms with Crippen molar-refractivity contribution in [3.05, 3.63) is 28.7 Å². The van der Waals surface area contributed by atoms with Crippen LogP contribution in [0.4, 0.5) is 0 Å². The molecule has 0 bridgehead atoms. The monoisotopic (exact) mass is 370 g/mol. The fourth-order valence-corrected chi connectivity index (χ4v) is 3.30. The number of thioether (sulfide) groups is 1. The first kappa shape index (κ1) is 16.8. The molecule has 3 nitrogen and oxygen atoms in total. The Morgan fingerprint density at radius 2 is 2.00 bits per heavy atom. The molecule has 21 heavy (non-hydrogen) atoms. The molecule has 1 aliphatic carbocycles. The average molecular weight is 371 g/mol. The molecule has 1 N–H and O–H groups in total. The molecule has 1 aromatic carbocycles. The van der Waals surface area contributed by atoms with Crippen LogP contribution in [0.15, 0.2) is 33.6 Å². The molecule has 1 fully saturated rings. The van der Waals surface area contributed by atoms with Crippen LogP contribution in [0.2, 0.25) is 0 Å². The molecule has 0 aromatic heterocycles. The van der Waals surface area contributed by atoms with E-state index in [1.165, 1.54) is 12.8 Å². The van der Waals surface area contributed by atoms with Crippen LogP contribution >= 0.6 is 27.7 Å². The summed E-state index contributed by atoms with van der Waals surface area (Å²) in [5.74, 6) is 0.110. The summed E-state index contributed by atoms with van der Waals surface area (Å²) in [6.45, 7) is 4.85. The maximum absolute atomic E-state index is 12.2. The van der Waals surface area contributed by atoms with Crippen LogP contribution in [0, 0.1) is 0 Å². The average Bonchev–Trinajstić information content (AvgIpc) is 3.30. The normalized spacial score (nSPS) is 17.6. The van der Waals surface area contributed by atoms with E-state index >= 15 is 0 Å². The summed E-state index contributed by atoms with van der Waals surface area (Å²) in [6.07, 6.45) is 2.59. The van der Waals surface area contributed by atoms with Crippen molar-refractivity contribution in [3.8, 4) is 0 Å². The van der Waals surface area contributed by atoms with E-state index in [9.17, 15) is 4.79 Å². The van der Waals surface area contributed by atoms with Gasteiger partial charge in [-0.3, -0.25) is 9.69 Å². The molecule has 0 spiro atoms. The van der Waals surface area contributed by atoms with Crippen LogP contribution in [0.3, 0.4) is 0 Å². The summed E-state index contributed by atoms with van der Waals surface area (Å²) in [4.78, 5) is 15.6. The van der Waals surface area contributed by atoms with E-state index in [-0.39, 0.29) is 11.2 Å². The van der Waals surface area contributed by atoms with Crippen LogP contribution in [-0.4, -0.2) is 41.7 Å². The first-order chi connectivity index (χ1) is 9.97. The number of amides is 1. The summed E-state index contributed by atoms with van der Waals surface area (Å²) >= 11 is 5.01. The van der Waals surface area contributed by atoms with Gasteiger partial charge in [-0.15, -0.1) is 11.8 Å². The van der Waals surface area contributed by atoms with Crippen molar-refractivity contribution in [1.82, 2.24) is 10.2 Å². The number of carbonyl (C=O) groups excluding carboxylic acids is 1. The van der Waals surface area contributed by atoms with Gasteiger partial charge in [-0.25, -0.2) is 0 Å². The van der Waals surface area contributed by atoms with E-state index in [2.05, 4.69) is 40.1 Å². The van der Waals surface area contributed by atoms with Gasteiger partial charge in [0.1, 0.15) is 0 Å². The summed E-state index contributed by atoms with van der Waals surface area (Å²) in [5.41, 5.74) is 0. The first-order valence-corrected chi connectivity index (χ1v) is 9.06. The minimum Gasteiger partial charge on any atom is -0.354 e. The Balaban J connectivity index is 1.75. The quantitative estimate of drug-likeness (QED) is 0.745. The highest BCUT2D eigenvalue weighted by Crippen LogP contribution is 2.27. The molecule has 2 atom stereocenters. The number of rotatable bonds is 7. The fourth-order valence-electron chi connectivity index (χ4n) is 2.15. The van der Waals surface area contributed by atoms with Crippen molar-refractivity contribution in [3.63, 3.8) is 0 Å². The lowest BCUT2D eigenvalue weighted by molar-refractivity contribution is -0.120. The summed E-state index contributed by atoms with van der Waals surface area (Å²) < 4.78 is 1.06. The summed E-state index contributed by atoms with van der Waals surface area (Å²) in [7, 11) is 2.15. The van der Waals surface area contributed by atoms with Gasteiger partial charge in [-0.2, -0.15) is 0 Å². The second-order valence-corrected chi connectivity index (χ2v) is 8.03. The Labute approximate surface area is 140 Å². The van der Waals surface area contributed by atoms with Crippen molar-refractivity contribution in [2.75, 3.05) is 13.6 Å². The molecule has 0 saturated heterocycles. The number of likely N-dealkylation sites (N-methyl/N-ethyl adjacent to an activating group) is 1. The first-order valence-electron chi connectivity index (χ1n) is 7.39. The highest BCUT2D eigenvalue weighted by Gasteiger charge is 2.29. The summed E-state index contributed by atoms with van der Waals surface area (Å²) in [5, 5.41) is 2.99. The highest BCUT2D eigenvalue weighted by atomic mass is 79.9. The minimum absolute atomic E-state index is 0.0791. The zero-order valence-electron chi connectivity index (χ0n) is 12.8. The van der Waals surface area contributed by atoms with Crippen LogP contribution in [0.1, 0.15) is 26.7 Å². The second-order valence-electron chi connectivity index (χ2n) is 5.70. The SMILES string of the molecule is CC(Sc1ccc(Br)cc1)C(=O)NCC(C)N(C)C1CC1. The minimum atomic E-state index is -0.0791. The molecule has 1 saturated carbocycles. The summed E-state index contributed by atoms with van der Waals surface area (Å²) in [6, 6.07) is 9.18. The lowest BCUT2D eigenvalue weighted by atomic mass is 10.3. The van der Waals surface area contributed by atoms with Gasteiger partial charge in [0, 0.05) is 28.0 Å². The third-order valence-electron chi connectivity index (χ3n) is 3.89. The van der Waals surface area contributed by atoms with E-state index in [1.807, 2.05) is 31.2 Å². The third-order valence-corrected chi connectivity index (χ3v) is 5.53. The number of nitrogens with one attached hydrogen (secondary N) is 1. The van der Waals surface area contributed by atoms with Crippen LogP contribution in [0.5, 0.6) is 0 Å². The van der Waals surface area contributed by atoms with Crippen molar-refractivity contribution >= 4 is 33.6 Å². The van der Waals surface area contributed by atoms with Gasteiger partial charge in [-0.05, 0) is 58.0 Å². The van der Waals surface area contributed by atoms with Gasteiger partial charge in [0.05, 0.1) is 5.25 Å². The Morgan fingerprint density at radius 1 is 1.38 bits per heavy atom. The molecule has 1 aromatic rings. The smallest absolute Gasteiger partial charge is 0.233 e. The second kappa shape index (κ2) is 7.65. The molecule has 1 amide bonds. The standard InChI is InChI=1S/C16H23BrN2OS/c1-11(19(3)14-6-7-14)10-18-16(20)12(2)21-15-8-4-13(17)5-9-15/h4-5,8-9,11-12,14H,6-7,10H2,1-3H3,(H,18,20). The predicted octanol–water partition coefficient (Wildman–Crippen LogP) is 3.53. The molecule has 5 heteroatoms. The maximum Gasteiger partial charge on any atom is 0.233 e. The largest absolute Gasteiger partial charge is 0.354 e. The highest BCUT2D eigenvalue weighted by molar-refractivity contribution is 9.10. The molecule has 2 unspecified atom stereocenters. The number of nitrogens with zero attached hydrogens (tertiary/aromatic N) is 1. The number of hydrogen-bond donors (Lipinski definition) is 1. The van der Waals surface area contributed by atoms with E-state index < -0.39 is 0 Å². The molecule has 0 aliphatic heterocycles. The van der Waals surface area contributed by atoms with Gasteiger partial charge < -0.3 is 5.32 Å². The Bertz CT molecular complexity index is 476. The molecule has 1 aliphatic rings. The number of hydrogen-bond acceptors (Lipinski definition) is 3. The molecular formula is C16H23BrN2OS. The van der Waals surface area contributed by atoms with Gasteiger partial charge in [0.15, 0.2) is 0 Å². The van der Waals surface area contributed by atoms with Gasteiger partial charge >= 0.3 is 0 Å². The molecular weight excluding hydrogens is 348 g/mol. The lowest BCUT2D eigenvalue weighted by Gasteiger charge is -2.25. The Morgan fingerprint density at radius 3 is 2.57 bits per heavy atom. The van der Waals surface area contributed by atoms with Gasteiger partial charge in [0.2, 0.25) is 5.91 Å². The van der Waals surface area contributed by atoms with Crippen LogP contribution in [-0.2, 0) is 4.79 Å². The zero-order chi connectivity index (χ0) is 15.4. The third kappa shape index (κ3) is 5.31. The van der Waals surface area contributed by atoms with E-state index in [0.29, 0.717) is 6.04 Å². The van der Waals surface area contributed by atoms with Crippen molar-refractivity contribution in [1.29, 1.82) is 0 Å². The number of halogens is 1. The van der Waals surface area contributed by atoms with Crippen LogP contribution < -0.4 is 5.32 Å². The van der Waals surface area contributed by atoms with Crippen molar-refractivity contribution in [2.45, 2.75) is 48.9 Å². The molecule has 2 rings (SSSR count).